The van der Waals surface area contributed by atoms with E-state index in [1.165, 1.54) is 0 Å². The van der Waals surface area contributed by atoms with Gasteiger partial charge in [-0.25, -0.2) is 9.79 Å². The Hall–Kier alpha value is -2.62. The molecule has 1 unspecified atom stereocenters. The van der Waals surface area contributed by atoms with E-state index in [0.29, 0.717) is 18.7 Å². The molecule has 0 aromatic heterocycles. The molecular weight excluding hydrogens is 302 g/mol. The first-order chi connectivity index (χ1) is 11.5. The molecule has 2 aromatic rings. The number of ether oxygens (including phenoxy) is 1. The zero-order valence-electron chi connectivity index (χ0n) is 13.9. The first kappa shape index (κ1) is 16.2. The lowest BCUT2D eigenvalue weighted by atomic mass is 9.82. The highest BCUT2D eigenvalue weighted by Gasteiger charge is 2.48. The van der Waals surface area contributed by atoms with Gasteiger partial charge in [-0.2, -0.15) is 0 Å². The zero-order chi connectivity index (χ0) is 17.2. The topological polar surface area (TPSA) is 58.9 Å². The molecule has 1 heterocycles. The Morgan fingerprint density at radius 3 is 2.42 bits per heavy atom. The number of aliphatic imine (C=N–C) groups is 1. The molecule has 3 rings (SSSR count). The number of rotatable bonds is 5. The standard InChI is InChI=1S/C20H21NO3/c1-14(2)20(13-12-15-8-6-7-11-17(15)22)19(23)24-18(21-20)16-9-4-3-5-10-16/h3-11,14,22H,12-13H2,1-2H3. The van der Waals surface area contributed by atoms with E-state index in [-0.39, 0.29) is 17.6 Å². The van der Waals surface area contributed by atoms with Crippen LogP contribution in [0.3, 0.4) is 0 Å². The fraction of sp³-hybridized carbons (Fsp3) is 0.300. The Balaban J connectivity index is 1.89. The van der Waals surface area contributed by atoms with Gasteiger partial charge in [0.25, 0.3) is 0 Å². The summed E-state index contributed by atoms with van der Waals surface area (Å²) in [6, 6.07) is 16.6. The van der Waals surface area contributed by atoms with Crippen molar-refractivity contribution in [3.63, 3.8) is 0 Å². The molecule has 0 radical (unpaired) electrons. The number of esters is 1. The van der Waals surface area contributed by atoms with Crippen molar-refractivity contribution in [2.45, 2.75) is 32.2 Å². The van der Waals surface area contributed by atoms with Crippen LogP contribution in [-0.2, 0) is 16.0 Å². The Bertz CT molecular complexity index is 767. The van der Waals surface area contributed by atoms with Crippen molar-refractivity contribution in [3.05, 3.63) is 65.7 Å². The molecule has 0 fully saturated rings. The molecule has 1 atom stereocenters. The molecule has 124 valence electrons. The van der Waals surface area contributed by atoms with Crippen LogP contribution >= 0.6 is 0 Å². The normalized spacial score (nSPS) is 20.1. The van der Waals surface area contributed by atoms with Gasteiger partial charge in [0.05, 0.1) is 0 Å². The number of carbonyl (C=O) groups is 1. The Kier molecular flexibility index (Phi) is 4.38. The van der Waals surface area contributed by atoms with Crippen molar-refractivity contribution in [2.75, 3.05) is 0 Å². The van der Waals surface area contributed by atoms with Gasteiger partial charge in [-0.3, -0.25) is 0 Å². The van der Waals surface area contributed by atoms with Crippen LogP contribution in [0.4, 0.5) is 0 Å². The van der Waals surface area contributed by atoms with E-state index >= 15 is 0 Å². The molecule has 1 N–H and O–H groups in total. The molecule has 0 saturated heterocycles. The highest BCUT2D eigenvalue weighted by molar-refractivity contribution is 6.08. The Morgan fingerprint density at radius 1 is 1.08 bits per heavy atom. The molecule has 4 nitrogen and oxygen atoms in total. The average Bonchev–Trinajstić information content (AvgIpc) is 2.93. The summed E-state index contributed by atoms with van der Waals surface area (Å²) >= 11 is 0. The van der Waals surface area contributed by atoms with Gasteiger partial charge < -0.3 is 9.84 Å². The number of aromatic hydroxyl groups is 1. The molecule has 1 aliphatic rings. The summed E-state index contributed by atoms with van der Waals surface area (Å²) in [5.41, 5.74) is 0.706. The zero-order valence-corrected chi connectivity index (χ0v) is 13.9. The molecule has 2 aromatic carbocycles. The first-order valence-corrected chi connectivity index (χ1v) is 8.17. The summed E-state index contributed by atoms with van der Waals surface area (Å²) in [6.07, 6.45) is 1.06. The maximum atomic E-state index is 12.6. The minimum atomic E-state index is -0.909. The number of carbonyl (C=O) groups excluding carboxylic acids is 1. The summed E-state index contributed by atoms with van der Waals surface area (Å²) in [7, 11) is 0. The third-order valence-corrected chi connectivity index (χ3v) is 4.59. The molecule has 0 saturated carbocycles. The number of phenolic OH excluding ortho intramolecular Hbond substituents is 1. The number of cyclic esters (lactones) is 1. The lowest BCUT2D eigenvalue weighted by molar-refractivity contribution is -0.140. The van der Waals surface area contributed by atoms with E-state index in [9.17, 15) is 9.90 Å². The van der Waals surface area contributed by atoms with Gasteiger partial charge in [0.15, 0.2) is 5.54 Å². The highest BCUT2D eigenvalue weighted by Crippen LogP contribution is 2.35. The van der Waals surface area contributed by atoms with Crippen LogP contribution in [0.5, 0.6) is 5.75 Å². The minimum Gasteiger partial charge on any atom is -0.508 e. The number of benzene rings is 2. The van der Waals surface area contributed by atoms with E-state index in [1.807, 2.05) is 56.3 Å². The monoisotopic (exact) mass is 323 g/mol. The Morgan fingerprint density at radius 2 is 1.75 bits per heavy atom. The van der Waals surface area contributed by atoms with E-state index in [2.05, 4.69) is 4.99 Å². The van der Waals surface area contributed by atoms with Crippen molar-refractivity contribution in [1.29, 1.82) is 0 Å². The van der Waals surface area contributed by atoms with Gasteiger partial charge in [0.1, 0.15) is 5.75 Å². The number of phenols is 1. The first-order valence-electron chi connectivity index (χ1n) is 8.17. The highest BCUT2D eigenvalue weighted by atomic mass is 16.6. The van der Waals surface area contributed by atoms with Gasteiger partial charge in [-0.15, -0.1) is 0 Å². The summed E-state index contributed by atoms with van der Waals surface area (Å²) in [6.45, 7) is 3.95. The van der Waals surface area contributed by atoms with Gasteiger partial charge >= 0.3 is 5.97 Å². The molecule has 24 heavy (non-hydrogen) atoms. The SMILES string of the molecule is CC(C)C1(CCc2ccccc2O)N=C(c2ccccc2)OC1=O. The van der Waals surface area contributed by atoms with Crippen LogP contribution in [0.2, 0.25) is 0 Å². The number of hydrogen-bond acceptors (Lipinski definition) is 4. The van der Waals surface area contributed by atoms with E-state index < -0.39 is 5.54 Å². The maximum absolute atomic E-state index is 12.6. The number of para-hydroxylation sites is 1. The van der Waals surface area contributed by atoms with Crippen LogP contribution in [0.15, 0.2) is 59.6 Å². The maximum Gasteiger partial charge on any atom is 0.341 e. The predicted octanol–water partition coefficient (Wildman–Crippen LogP) is 3.72. The second kappa shape index (κ2) is 6.48. The third kappa shape index (κ3) is 2.92. The quantitative estimate of drug-likeness (QED) is 0.853. The summed E-state index contributed by atoms with van der Waals surface area (Å²) < 4.78 is 5.49. The molecular formula is C20H21NO3. The van der Waals surface area contributed by atoms with Gasteiger partial charge in [-0.05, 0) is 42.5 Å². The van der Waals surface area contributed by atoms with Gasteiger partial charge in [-0.1, -0.05) is 50.2 Å². The van der Waals surface area contributed by atoms with Crippen molar-refractivity contribution in [2.24, 2.45) is 10.9 Å². The molecule has 1 aliphatic heterocycles. The second-order valence-corrected chi connectivity index (χ2v) is 6.38. The van der Waals surface area contributed by atoms with Crippen LogP contribution in [0, 0.1) is 5.92 Å². The van der Waals surface area contributed by atoms with Gasteiger partial charge in [0, 0.05) is 5.56 Å². The fourth-order valence-electron chi connectivity index (χ4n) is 2.99. The van der Waals surface area contributed by atoms with Crippen LogP contribution in [0.25, 0.3) is 0 Å². The molecule has 0 amide bonds. The number of aryl methyl sites for hydroxylation is 1. The minimum absolute atomic E-state index is 0.00272. The van der Waals surface area contributed by atoms with Crippen LogP contribution < -0.4 is 0 Å². The average molecular weight is 323 g/mol. The van der Waals surface area contributed by atoms with E-state index in [4.69, 9.17) is 4.74 Å². The van der Waals surface area contributed by atoms with Crippen LogP contribution in [0.1, 0.15) is 31.4 Å². The van der Waals surface area contributed by atoms with E-state index in [1.54, 1.807) is 12.1 Å². The lowest BCUT2D eigenvalue weighted by Crippen LogP contribution is -2.40. The summed E-state index contributed by atoms with van der Waals surface area (Å²) in [5.74, 6) is 0.311. The third-order valence-electron chi connectivity index (χ3n) is 4.59. The van der Waals surface area contributed by atoms with Crippen molar-refractivity contribution >= 4 is 11.9 Å². The largest absolute Gasteiger partial charge is 0.508 e. The lowest BCUT2D eigenvalue weighted by Gasteiger charge is -2.26. The fourth-order valence-corrected chi connectivity index (χ4v) is 2.99. The van der Waals surface area contributed by atoms with Gasteiger partial charge in [0.2, 0.25) is 5.90 Å². The number of nitrogens with zero attached hydrogens (tertiary/aromatic N) is 1. The molecule has 0 bridgehead atoms. The molecule has 0 spiro atoms. The number of hydrogen-bond donors (Lipinski definition) is 1. The van der Waals surface area contributed by atoms with E-state index in [0.717, 1.165) is 11.1 Å². The summed E-state index contributed by atoms with van der Waals surface area (Å²) in [5, 5.41) is 9.95. The second-order valence-electron chi connectivity index (χ2n) is 6.38. The predicted molar refractivity (Wildman–Crippen MR) is 93.1 cm³/mol. The Labute approximate surface area is 141 Å². The summed E-state index contributed by atoms with van der Waals surface area (Å²) in [4.78, 5) is 17.3. The van der Waals surface area contributed by atoms with Crippen molar-refractivity contribution in [3.8, 4) is 5.75 Å². The molecule has 0 aliphatic carbocycles. The smallest absolute Gasteiger partial charge is 0.341 e. The van der Waals surface area contributed by atoms with Crippen LogP contribution in [-0.4, -0.2) is 22.5 Å². The van der Waals surface area contributed by atoms with Crippen molar-refractivity contribution in [1.82, 2.24) is 0 Å². The molecule has 4 heteroatoms. The van der Waals surface area contributed by atoms with Crippen molar-refractivity contribution < 1.29 is 14.6 Å².